The van der Waals surface area contributed by atoms with Crippen molar-refractivity contribution in [1.29, 1.82) is 0 Å². The third-order valence-corrected chi connectivity index (χ3v) is 4.80. The molecule has 0 bridgehead atoms. The summed E-state index contributed by atoms with van der Waals surface area (Å²) in [7, 11) is 0. The monoisotopic (exact) mass is 387 g/mol. The van der Waals surface area contributed by atoms with Gasteiger partial charge in [0.1, 0.15) is 0 Å². The lowest BCUT2D eigenvalue weighted by molar-refractivity contribution is -0.394. The molecule has 0 aliphatic heterocycles. The molecule has 144 valence electrons. The normalized spacial score (nSPS) is 19.3. The number of nitrogens with zero attached hydrogens (tertiary/aromatic N) is 5. The Morgan fingerprint density at radius 1 is 1.03 bits per heavy atom. The number of hydrogen-bond donors (Lipinski definition) is 0. The van der Waals surface area contributed by atoms with Crippen LogP contribution in [0.1, 0.15) is 29.5 Å². The summed E-state index contributed by atoms with van der Waals surface area (Å²) in [6, 6.07) is 18.6. The average Bonchev–Trinajstić information content (AvgIpc) is 3.23. The fourth-order valence-corrected chi connectivity index (χ4v) is 3.46. The Labute approximate surface area is 166 Å². The van der Waals surface area contributed by atoms with E-state index in [1.54, 1.807) is 6.08 Å². The molecule has 8 nitrogen and oxygen atoms in total. The molecule has 1 aliphatic rings. The summed E-state index contributed by atoms with van der Waals surface area (Å²) in [5, 5.41) is 21.9. The SMILES string of the molecule is O=C1C=C(/C=C/c2ccccc2)CC(c2ccccc2)C1n1nnc([N+](=O)[O-])n1. The molecule has 0 saturated carbocycles. The first kappa shape index (κ1) is 18.4. The van der Waals surface area contributed by atoms with Crippen molar-refractivity contribution in [3.05, 3.63) is 99.6 Å². The van der Waals surface area contributed by atoms with Gasteiger partial charge in [-0.1, -0.05) is 77.6 Å². The number of nitro groups is 1. The Morgan fingerprint density at radius 2 is 1.72 bits per heavy atom. The molecular weight excluding hydrogens is 370 g/mol. The Kier molecular flexibility index (Phi) is 5.07. The van der Waals surface area contributed by atoms with Crippen molar-refractivity contribution >= 4 is 17.8 Å². The summed E-state index contributed by atoms with van der Waals surface area (Å²) in [5.41, 5.74) is 2.84. The first-order valence-corrected chi connectivity index (χ1v) is 9.08. The Hall–Kier alpha value is -3.94. The lowest BCUT2D eigenvalue weighted by Crippen LogP contribution is -2.30. The molecule has 2 aromatic carbocycles. The highest BCUT2D eigenvalue weighted by molar-refractivity contribution is 5.96. The summed E-state index contributed by atoms with van der Waals surface area (Å²) >= 11 is 0. The minimum atomic E-state index is -0.785. The van der Waals surface area contributed by atoms with Gasteiger partial charge in [0, 0.05) is 11.1 Å². The van der Waals surface area contributed by atoms with Crippen molar-refractivity contribution < 1.29 is 9.72 Å². The van der Waals surface area contributed by atoms with Gasteiger partial charge in [0.25, 0.3) is 0 Å². The smallest absolute Gasteiger partial charge is 0.390 e. The Balaban J connectivity index is 1.70. The molecule has 2 unspecified atom stereocenters. The van der Waals surface area contributed by atoms with Crippen molar-refractivity contribution in [3.63, 3.8) is 0 Å². The van der Waals surface area contributed by atoms with E-state index in [1.165, 1.54) is 0 Å². The van der Waals surface area contributed by atoms with Gasteiger partial charge in [-0.25, -0.2) is 0 Å². The molecule has 0 spiro atoms. The predicted octanol–water partition coefficient (Wildman–Crippen LogP) is 3.52. The van der Waals surface area contributed by atoms with E-state index in [-0.39, 0.29) is 11.7 Å². The third-order valence-electron chi connectivity index (χ3n) is 4.80. The summed E-state index contributed by atoms with van der Waals surface area (Å²) in [4.78, 5) is 24.2. The third kappa shape index (κ3) is 4.01. The first-order chi connectivity index (χ1) is 14.1. The van der Waals surface area contributed by atoms with E-state index in [9.17, 15) is 14.9 Å². The molecular formula is C21H17N5O3. The summed E-state index contributed by atoms with van der Waals surface area (Å²) in [5.74, 6) is -1.11. The van der Waals surface area contributed by atoms with Gasteiger partial charge in [0.05, 0.1) is 10.2 Å². The largest absolute Gasteiger partial charge is 0.514 e. The van der Waals surface area contributed by atoms with E-state index < -0.39 is 16.9 Å². The summed E-state index contributed by atoms with van der Waals surface area (Å²) in [6.45, 7) is 0. The molecule has 1 aromatic heterocycles. The van der Waals surface area contributed by atoms with Gasteiger partial charge < -0.3 is 10.1 Å². The van der Waals surface area contributed by atoms with Gasteiger partial charge in [-0.05, 0) is 34.1 Å². The van der Waals surface area contributed by atoms with Crippen LogP contribution >= 0.6 is 0 Å². The molecule has 29 heavy (non-hydrogen) atoms. The van der Waals surface area contributed by atoms with Crippen LogP contribution < -0.4 is 0 Å². The highest BCUT2D eigenvalue weighted by Gasteiger charge is 2.38. The van der Waals surface area contributed by atoms with Crippen molar-refractivity contribution in [3.8, 4) is 0 Å². The standard InChI is InChI=1S/C21H17N5O3/c27-19-14-16(12-11-15-7-3-1-4-8-15)13-18(17-9-5-2-6-10-17)20(19)25-23-21(22-24-25)26(28)29/h1-12,14,18,20H,13H2/b12-11+. The van der Waals surface area contributed by atoms with Crippen molar-refractivity contribution in [2.24, 2.45) is 0 Å². The highest BCUT2D eigenvalue weighted by atomic mass is 16.6. The van der Waals surface area contributed by atoms with E-state index in [0.29, 0.717) is 6.42 Å². The van der Waals surface area contributed by atoms with Crippen LogP contribution in [-0.4, -0.2) is 30.9 Å². The molecule has 0 radical (unpaired) electrons. The van der Waals surface area contributed by atoms with Crippen molar-refractivity contribution in [2.75, 3.05) is 0 Å². The van der Waals surface area contributed by atoms with Gasteiger partial charge >= 0.3 is 5.95 Å². The highest BCUT2D eigenvalue weighted by Crippen LogP contribution is 2.39. The number of allylic oxidation sites excluding steroid dienone is 3. The molecule has 0 N–H and O–H groups in total. The van der Waals surface area contributed by atoms with E-state index in [4.69, 9.17) is 0 Å². The van der Waals surface area contributed by atoms with Gasteiger partial charge in [0.2, 0.25) is 0 Å². The number of rotatable bonds is 5. The number of ketones is 1. The van der Waals surface area contributed by atoms with E-state index in [1.807, 2.05) is 72.8 Å². The first-order valence-electron chi connectivity index (χ1n) is 9.08. The second-order valence-electron chi connectivity index (χ2n) is 6.70. The number of carbonyl (C=O) groups excluding carboxylic acids is 1. The molecule has 4 rings (SSSR count). The van der Waals surface area contributed by atoms with E-state index >= 15 is 0 Å². The number of carbonyl (C=O) groups is 1. The van der Waals surface area contributed by atoms with Gasteiger partial charge in [-0.2, -0.15) is 0 Å². The van der Waals surface area contributed by atoms with Crippen LogP contribution in [-0.2, 0) is 4.79 Å². The topological polar surface area (TPSA) is 104 Å². The molecule has 0 fully saturated rings. The van der Waals surface area contributed by atoms with Gasteiger partial charge in [0.15, 0.2) is 11.8 Å². The molecule has 3 aromatic rings. The fraction of sp³-hybridized carbons (Fsp3) is 0.143. The fourth-order valence-electron chi connectivity index (χ4n) is 3.46. The van der Waals surface area contributed by atoms with Crippen molar-refractivity contribution in [1.82, 2.24) is 20.2 Å². The zero-order chi connectivity index (χ0) is 20.2. The summed E-state index contributed by atoms with van der Waals surface area (Å²) < 4.78 is 0. The maximum absolute atomic E-state index is 13.0. The predicted molar refractivity (Wildman–Crippen MR) is 106 cm³/mol. The molecule has 2 atom stereocenters. The molecule has 1 aliphatic carbocycles. The van der Waals surface area contributed by atoms with Gasteiger partial charge in [-0.3, -0.25) is 4.79 Å². The van der Waals surface area contributed by atoms with Crippen LogP contribution in [0.4, 0.5) is 5.95 Å². The quantitative estimate of drug-likeness (QED) is 0.490. The summed E-state index contributed by atoms with van der Waals surface area (Å²) in [6.07, 6.45) is 6.01. The van der Waals surface area contributed by atoms with Crippen LogP contribution in [0.5, 0.6) is 0 Å². The maximum atomic E-state index is 13.0. The van der Waals surface area contributed by atoms with Crippen LogP contribution in [0.3, 0.4) is 0 Å². The Bertz CT molecular complexity index is 1090. The maximum Gasteiger partial charge on any atom is 0.514 e. The van der Waals surface area contributed by atoms with Crippen LogP contribution in [0.25, 0.3) is 6.08 Å². The van der Waals surface area contributed by atoms with Crippen LogP contribution in [0, 0.1) is 10.1 Å². The Morgan fingerprint density at radius 3 is 2.38 bits per heavy atom. The molecule has 0 amide bonds. The number of hydrogen-bond acceptors (Lipinski definition) is 6. The zero-order valence-corrected chi connectivity index (χ0v) is 15.3. The van der Waals surface area contributed by atoms with E-state index in [0.717, 1.165) is 21.5 Å². The van der Waals surface area contributed by atoms with Crippen molar-refractivity contribution in [2.45, 2.75) is 18.4 Å². The second kappa shape index (κ2) is 7.97. The lowest BCUT2D eigenvalue weighted by Gasteiger charge is -2.27. The molecule has 8 heteroatoms. The minimum Gasteiger partial charge on any atom is -0.390 e. The minimum absolute atomic E-state index is 0.217. The van der Waals surface area contributed by atoms with Crippen LogP contribution in [0.2, 0.25) is 0 Å². The van der Waals surface area contributed by atoms with Gasteiger partial charge in [-0.15, -0.1) is 0 Å². The molecule has 0 saturated heterocycles. The second-order valence-corrected chi connectivity index (χ2v) is 6.70. The number of benzene rings is 2. The number of tetrazole rings is 1. The van der Waals surface area contributed by atoms with E-state index in [2.05, 4.69) is 15.4 Å². The average molecular weight is 387 g/mol. The molecule has 1 heterocycles. The number of aromatic nitrogens is 4. The lowest BCUT2D eigenvalue weighted by atomic mass is 9.79. The zero-order valence-electron chi connectivity index (χ0n) is 15.3. The van der Waals surface area contributed by atoms with Crippen LogP contribution in [0.15, 0.2) is 78.4 Å².